The molecule has 3 nitrogen and oxygen atoms in total. The molecule has 1 aromatic heterocycles. The number of benzene rings is 1. The Morgan fingerprint density at radius 3 is 2.68 bits per heavy atom. The van der Waals surface area contributed by atoms with Crippen LogP contribution < -0.4 is 4.74 Å². The first-order chi connectivity index (χ1) is 10.5. The van der Waals surface area contributed by atoms with Crippen LogP contribution in [0.1, 0.15) is 24.3 Å². The summed E-state index contributed by atoms with van der Waals surface area (Å²) in [5.41, 5.74) is 3.35. The largest absolute Gasteiger partial charge is 0.491 e. The average molecular weight is 384 g/mol. The maximum Gasteiger partial charge on any atom is 0.160 e. The third-order valence-electron chi connectivity index (χ3n) is 3.26. The van der Waals surface area contributed by atoms with Crippen LogP contribution in [-0.2, 0) is 11.2 Å². The third-order valence-corrected chi connectivity index (χ3v) is 4.79. The van der Waals surface area contributed by atoms with Gasteiger partial charge in [0.05, 0.1) is 12.3 Å². The van der Waals surface area contributed by atoms with E-state index in [-0.39, 0.29) is 0 Å². The van der Waals surface area contributed by atoms with Crippen LogP contribution in [0, 0.1) is 12.8 Å². The molecule has 0 N–H and O–H groups in total. The minimum atomic E-state index is 0.567. The van der Waals surface area contributed by atoms with E-state index >= 15 is 0 Å². The molecule has 1 aromatic carbocycles. The highest BCUT2D eigenvalue weighted by atomic mass is 79.9. The Morgan fingerprint density at radius 1 is 1.27 bits per heavy atom. The Kier molecular flexibility index (Phi) is 6.41. The van der Waals surface area contributed by atoms with E-state index in [1.165, 1.54) is 4.88 Å². The van der Waals surface area contributed by atoms with Gasteiger partial charge in [0, 0.05) is 17.6 Å². The van der Waals surface area contributed by atoms with Gasteiger partial charge in [-0.05, 0) is 59.0 Å². The van der Waals surface area contributed by atoms with Crippen LogP contribution in [0.4, 0.5) is 0 Å². The molecule has 0 unspecified atom stereocenters. The van der Waals surface area contributed by atoms with Gasteiger partial charge in [-0.25, -0.2) is 4.98 Å². The minimum Gasteiger partial charge on any atom is -0.491 e. The second-order valence-corrected chi connectivity index (χ2v) is 8.02. The summed E-state index contributed by atoms with van der Waals surface area (Å²) >= 11 is 5.24. The van der Waals surface area contributed by atoms with Crippen LogP contribution in [0.5, 0.6) is 5.75 Å². The lowest BCUT2D eigenvalue weighted by Crippen LogP contribution is -2.05. The van der Waals surface area contributed by atoms with Crippen LogP contribution in [0.15, 0.2) is 22.1 Å². The summed E-state index contributed by atoms with van der Waals surface area (Å²) in [6, 6.07) is 6.25. The molecule has 0 bridgehead atoms. The van der Waals surface area contributed by atoms with E-state index in [4.69, 9.17) is 9.47 Å². The maximum atomic E-state index is 5.72. The standard InChI is InChI=1S/C17H22BrNO2S/c1-11(2)9-15-16(19-17(18)22-15)13-5-6-14(12(3)10-13)21-8-7-20-4/h5-6,10-11H,7-9H2,1-4H3. The molecule has 0 aliphatic rings. The van der Waals surface area contributed by atoms with Crippen molar-refractivity contribution in [1.82, 2.24) is 4.98 Å². The third kappa shape index (κ3) is 4.54. The fraction of sp³-hybridized carbons (Fsp3) is 0.471. The molecule has 5 heteroatoms. The van der Waals surface area contributed by atoms with E-state index in [1.54, 1.807) is 18.4 Å². The zero-order chi connectivity index (χ0) is 16.1. The molecular formula is C17H22BrNO2S. The molecule has 0 fully saturated rings. The maximum absolute atomic E-state index is 5.72. The zero-order valence-corrected chi connectivity index (χ0v) is 15.9. The highest BCUT2D eigenvalue weighted by Crippen LogP contribution is 2.34. The number of methoxy groups -OCH3 is 1. The number of aryl methyl sites for hydroxylation is 1. The molecule has 0 atom stereocenters. The summed E-state index contributed by atoms with van der Waals surface area (Å²) in [6.07, 6.45) is 1.05. The average Bonchev–Trinajstić information content (AvgIpc) is 2.80. The van der Waals surface area contributed by atoms with Crippen molar-refractivity contribution in [3.63, 3.8) is 0 Å². The monoisotopic (exact) mass is 383 g/mol. The quantitative estimate of drug-likeness (QED) is 0.622. The van der Waals surface area contributed by atoms with Crippen LogP contribution in [0.2, 0.25) is 0 Å². The second-order valence-electron chi connectivity index (χ2n) is 5.66. The molecule has 0 saturated heterocycles. The van der Waals surface area contributed by atoms with Crippen molar-refractivity contribution < 1.29 is 9.47 Å². The molecule has 22 heavy (non-hydrogen) atoms. The number of ether oxygens (including phenoxy) is 2. The van der Waals surface area contributed by atoms with Crippen LogP contribution in [0.3, 0.4) is 0 Å². The lowest BCUT2D eigenvalue weighted by Gasteiger charge is -2.11. The van der Waals surface area contributed by atoms with Crippen molar-refractivity contribution in [3.8, 4) is 17.0 Å². The number of halogens is 1. The Bertz CT molecular complexity index is 625. The van der Waals surface area contributed by atoms with Gasteiger partial charge in [-0.1, -0.05) is 13.8 Å². The predicted molar refractivity (Wildman–Crippen MR) is 95.9 cm³/mol. The van der Waals surface area contributed by atoms with Gasteiger partial charge in [0.1, 0.15) is 12.4 Å². The summed E-state index contributed by atoms with van der Waals surface area (Å²) in [4.78, 5) is 5.98. The molecule has 2 aromatic rings. The highest BCUT2D eigenvalue weighted by molar-refractivity contribution is 9.11. The Balaban J connectivity index is 2.24. The Hall–Kier alpha value is -0.910. The van der Waals surface area contributed by atoms with Gasteiger partial charge in [0.2, 0.25) is 0 Å². The van der Waals surface area contributed by atoms with Gasteiger partial charge >= 0.3 is 0 Å². The van der Waals surface area contributed by atoms with E-state index in [0.29, 0.717) is 19.1 Å². The molecule has 0 amide bonds. The number of rotatable bonds is 7. The predicted octanol–water partition coefficient (Wildman–Crippen LogP) is 5.10. The first-order valence-corrected chi connectivity index (χ1v) is 9.00. The lowest BCUT2D eigenvalue weighted by molar-refractivity contribution is 0.146. The van der Waals surface area contributed by atoms with Crippen molar-refractivity contribution in [2.75, 3.05) is 20.3 Å². The normalized spacial score (nSPS) is 11.2. The molecule has 0 spiro atoms. The van der Waals surface area contributed by atoms with Gasteiger partial charge < -0.3 is 9.47 Å². The summed E-state index contributed by atoms with van der Waals surface area (Å²) in [6.45, 7) is 7.69. The van der Waals surface area contributed by atoms with Gasteiger partial charge in [-0.15, -0.1) is 11.3 Å². The molecule has 2 rings (SSSR count). The van der Waals surface area contributed by atoms with Crippen molar-refractivity contribution in [1.29, 1.82) is 0 Å². The van der Waals surface area contributed by atoms with Crippen LogP contribution >= 0.6 is 27.3 Å². The number of aromatic nitrogens is 1. The Morgan fingerprint density at radius 2 is 2.05 bits per heavy atom. The molecule has 0 aliphatic carbocycles. The van der Waals surface area contributed by atoms with Crippen molar-refractivity contribution in [2.45, 2.75) is 27.2 Å². The minimum absolute atomic E-state index is 0.567. The molecular weight excluding hydrogens is 362 g/mol. The van der Waals surface area contributed by atoms with E-state index in [1.807, 2.05) is 6.07 Å². The number of hydrogen-bond acceptors (Lipinski definition) is 4. The van der Waals surface area contributed by atoms with Gasteiger partial charge in [-0.3, -0.25) is 0 Å². The SMILES string of the molecule is COCCOc1ccc(-c2nc(Br)sc2CC(C)C)cc1C. The van der Waals surface area contributed by atoms with E-state index < -0.39 is 0 Å². The highest BCUT2D eigenvalue weighted by Gasteiger charge is 2.14. The lowest BCUT2D eigenvalue weighted by atomic mass is 10.0. The van der Waals surface area contributed by atoms with Crippen LogP contribution in [0.25, 0.3) is 11.3 Å². The van der Waals surface area contributed by atoms with Gasteiger partial charge in [0.25, 0.3) is 0 Å². The van der Waals surface area contributed by atoms with E-state index in [0.717, 1.165) is 32.9 Å². The van der Waals surface area contributed by atoms with Crippen molar-refractivity contribution in [3.05, 3.63) is 32.6 Å². The summed E-state index contributed by atoms with van der Waals surface area (Å²) in [5, 5.41) is 0. The number of thiazole rings is 1. The van der Waals surface area contributed by atoms with Gasteiger partial charge in [0.15, 0.2) is 3.92 Å². The van der Waals surface area contributed by atoms with Gasteiger partial charge in [-0.2, -0.15) is 0 Å². The molecule has 0 radical (unpaired) electrons. The summed E-state index contributed by atoms with van der Waals surface area (Å²) in [5.74, 6) is 1.52. The van der Waals surface area contributed by atoms with Crippen molar-refractivity contribution >= 4 is 27.3 Å². The van der Waals surface area contributed by atoms with E-state index in [9.17, 15) is 0 Å². The fourth-order valence-corrected chi connectivity index (χ4v) is 4.03. The first kappa shape index (κ1) is 17.4. The fourth-order valence-electron chi connectivity index (χ4n) is 2.25. The molecule has 0 aliphatic heterocycles. The summed E-state index contributed by atoms with van der Waals surface area (Å²) in [7, 11) is 1.68. The Labute approximate surface area is 144 Å². The summed E-state index contributed by atoms with van der Waals surface area (Å²) < 4.78 is 11.7. The molecule has 1 heterocycles. The smallest absolute Gasteiger partial charge is 0.160 e. The van der Waals surface area contributed by atoms with Crippen LogP contribution in [-0.4, -0.2) is 25.3 Å². The first-order valence-electron chi connectivity index (χ1n) is 7.39. The number of hydrogen-bond donors (Lipinski definition) is 0. The zero-order valence-electron chi connectivity index (χ0n) is 13.5. The number of nitrogens with zero attached hydrogens (tertiary/aromatic N) is 1. The topological polar surface area (TPSA) is 31.4 Å². The molecule has 0 saturated carbocycles. The molecule has 120 valence electrons. The van der Waals surface area contributed by atoms with Crippen molar-refractivity contribution in [2.24, 2.45) is 5.92 Å². The second kappa shape index (κ2) is 8.09. The van der Waals surface area contributed by atoms with E-state index in [2.05, 4.69) is 53.8 Å².